The molecule has 0 heterocycles. The van der Waals surface area contributed by atoms with Crippen molar-refractivity contribution >= 4 is 27.8 Å². The Kier molecular flexibility index (Phi) is 6.91. The number of rotatable bonds is 6. The van der Waals surface area contributed by atoms with Crippen LogP contribution in [-0.4, -0.2) is 0 Å². The van der Waals surface area contributed by atoms with Gasteiger partial charge in [-0.25, -0.2) is 0 Å². The van der Waals surface area contributed by atoms with Crippen LogP contribution >= 0.6 is 0 Å². The molecule has 6 aromatic carbocycles. The zero-order valence-electron chi connectivity index (χ0n) is 28.7. The summed E-state index contributed by atoms with van der Waals surface area (Å²) >= 11 is 0. The van der Waals surface area contributed by atoms with Gasteiger partial charge in [0.2, 0.25) is 0 Å². The topological polar surface area (TPSA) is 3.24 Å². The van der Waals surface area contributed by atoms with Gasteiger partial charge in [0.25, 0.3) is 0 Å². The molecule has 0 aromatic heterocycles. The van der Waals surface area contributed by atoms with Gasteiger partial charge in [-0.2, -0.15) is 0 Å². The predicted octanol–water partition coefficient (Wildman–Crippen LogP) is 13.3. The van der Waals surface area contributed by atoms with Crippen molar-refractivity contribution in [2.24, 2.45) is 11.8 Å². The van der Waals surface area contributed by atoms with E-state index in [2.05, 4.69) is 160 Å². The highest BCUT2D eigenvalue weighted by Crippen LogP contribution is 2.55. The standard InChI is InChI=1S/C47H45N/c1-30(2)38-15-10-16-42-46(38)40-25-24-37(29-43(40)47(42,3)4)48(36-22-19-33(20-23-36)41-28-31-17-18-35(41)27-31)44-26-21-32-11-8-9-14-39(32)45(44)34-12-6-5-7-13-34/h5-16,19-26,29-31,35,41H,17-18,27-28H2,1-4H3. The van der Waals surface area contributed by atoms with Gasteiger partial charge >= 0.3 is 0 Å². The summed E-state index contributed by atoms with van der Waals surface area (Å²) in [6.07, 6.45) is 5.65. The van der Waals surface area contributed by atoms with E-state index >= 15 is 0 Å². The minimum Gasteiger partial charge on any atom is -0.310 e. The normalized spacial score (nSPS) is 20.3. The Morgan fingerprint density at radius 1 is 0.646 bits per heavy atom. The van der Waals surface area contributed by atoms with Gasteiger partial charge in [0, 0.05) is 22.4 Å². The number of hydrogen-bond donors (Lipinski definition) is 0. The van der Waals surface area contributed by atoms with Crippen molar-refractivity contribution in [1.82, 2.24) is 0 Å². The van der Waals surface area contributed by atoms with Gasteiger partial charge in [0.1, 0.15) is 0 Å². The predicted molar refractivity (Wildman–Crippen MR) is 204 cm³/mol. The molecule has 1 nitrogen and oxygen atoms in total. The Morgan fingerprint density at radius 3 is 2.17 bits per heavy atom. The summed E-state index contributed by atoms with van der Waals surface area (Å²) in [6.45, 7) is 9.46. The first kappa shape index (κ1) is 29.5. The molecule has 3 atom stereocenters. The second-order valence-electron chi connectivity index (χ2n) is 15.5. The Morgan fingerprint density at radius 2 is 1.42 bits per heavy atom. The van der Waals surface area contributed by atoms with Crippen LogP contribution in [-0.2, 0) is 5.41 Å². The van der Waals surface area contributed by atoms with Crippen LogP contribution in [0.4, 0.5) is 17.1 Å². The van der Waals surface area contributed by atoms with Gasteiger partial charge in [-0.15, -0.1) is 0 Å². The van der Waals surface area contributed by atoms with E-state index in [0.29, 0.717) is 5.92 Å². The van der Waals surface area contributed by atoms with Crippen molar-refractivity contribution in [3.8, 4) is 22.3 Å². The molecule has 6 aromatic rings. The summed E-state index contributed by atoms with van der Waals surface area (Å²) in [5.74, 6) is 3.01. The Balaban J connectivity index is 1.25. The third-order valence-electron chi connectivity index (χ3n) is 12.1. The van der Waals surface area contributed by atoms with E-state index in [1.165, 1.54) is 98.0 Å². The molecular formula is C47H45N. The van der Waals surface area contributed by atoms with Crippen molar-refractivity contribution in [1.29, 1.82) is 0 Å². The van der Waals surface area contributed by atoms with Gasteiger partial charge in [-0.3, -0.25) is 0 Å². The first-order chi connectivity index (χ1) is 23.4. The number of fused-ring (bicyclic) bond motifs is 6. The lowest BCUT2D eigenvalue weighted by molar-refractivity contribution is 0.420. The van der Waals surface area contributed by atoms with Crippen molar-refractivity contribution in [3.63, 3.8) is 0 Å². The van der Waals surface area contributed by atoms with Crippen molar-refractivity contribution in [3.05, 3.63) is 150 Å². The van der Waals surface area contributed by atoms with Gasteiger partial charge in [-0.1, -0.05) is 131 Å². The second-order valence-corrected chi connectivity index (χ2v) is 15.5. The summed E-state index contributed by atoms with van der Waals surface area (Å²) < 4.78 is 0. The number of benzene rings is 6. The maximum absolute atomic E-state index is 2.53. The largest absolute Gasteiger partial charge is 0.310 e. The molecule has 0 amide bonds. The molecule has 238 valence electrons. The summed E-state index contributed by atoms with van der Waals surface area (Å²) in [6, 6.07) is 48.3. The Bertz CT molecular complexity index is 2150. The maximum atomic E-state index is 2.53. The van der Waals surface area contributed by atoms with E-state index in [0.717, 1.165) is 17.8 Å². The minimum absolute atomic E-state index is 0.0888. The van der Waals surface area contributed by atoms with E-state index < -0.39 is 0 Å². The first-order valence-electron chi connectivity index (χ1n) is 18.1. The quantitative estimate of drug-likeness (QED) is 0.178. The smallest absolute Gasteiger partial charge is 0.0546 e. The van der Waals surface area contributed by atoms with Crippen LogP contribution in [0.15, 0.2) is 127 Å². The Labute approximate surface area is 286 Å². The zero-order valence-corrected chi connectivity index (χ0v) is 28.7. The summed E-state index contributed by atoms with van der Waals surface area (Å²) in [5, 5.41) is 2.54. The van der Waals surface area contributed by atoms with E-state index in [4.69, 9.17) is 0 Å². The molecule has 48 heavy (non-hydrogen) atoms. The van der Waals surface area contributed by atoms with E-state index in [9.17, 15) is 0 Å². The molecule has 0 saturated heterocycles. The minimum atomic E-state index is -0.0888. The van der Waals surface area contributed by atoms with Crippen LogP contribution in [0, 0.1) is 11.8 Å². The molecule has 2 saturated carbocycles. The maximum Gasteiger partial charge on any atom is 0.0546 e. The fourth-order valence-corrected chi connectivity index (χ4v) is 9.73. The third kappa shape index (κ3) is 4.58. The van der Waals surface area contributed by atoms with E-state index in [1.54, 1.807) is 0 Å². The summed E-state index contributed by atoms with van der Waals surface area (Å²) in [4.78, 5) is 2.53. The molecule has 3 unspecified atom stereocenters. The second kappa shape index (κ2) is 11.2. The molecule has 1 heteroatoms. The van der Waals surface area contributed by atoms with Crippen molar-refractivity contribution in [2.45, 2.75) is 70.6 Å². The van der Waals surface area contributed by atoms with Gasteiger partial charge < -0.3 is 4.90 Å². The molecule has 2 fully saturated rings. The highest BCUT2D eigenvalue weighted by molar-refractivity contribution is 6.05. The number of anilines is 3. The monoisotopic (exact) mass is 623 g/mol. The van der Waals surface area contributed by atoms with Crippen LogP contribution in [0.2, 0.25) is 0 Å². The summed E-state index contributed by atoms with van der Waals surface area (Å²) in [7, 11) is 0. The third-order valence-corrected chi connectivity index (χ3v) is 12.1. The van der Waals surface area contributed by atoms with E-state index in [1.807, 2.05) is 0 Å². The van der Waals surface area contributed by atoms with Crippen LogP contribution in [0.1, 0.15) is 87.5 Å². The van der Waals surface area contributed by atoms with Crippen LogP contribution in [0.5, 0.6) is 0 Å². The highest BCUT2D eigenvalue weighted by Gasteiger charge is 2.40. The van der Waals surface area contributed by atoms with Gasteiger partial charge in [-0.05, 0) is 123 Å². The molecule has 3 aliphatic rings. The number of nitrogens with zero attached hydrogens (tertiary/aromatic N) is 1. The Hall–Kier alpha value is -4.62. The number of hydrogen-bond acceptors (Lipinski definition) is 1. The lowest BCUT2D eigenvalue weighted by Gasteiger charge is -2.31. The van der Waals surface area contributed by atoms with Gasteiger partial charge in [0.15, 0.2) is 0 Å². The van der Waals surface area contributed by atoms with E-state index in [-0.39, 0.29) is 5.41 Å². The molecule has 0 radical (unpaired) electrons. The molecule has 2 bridgehead atoms. The zero-order chi connectivity index (χ0) is 32.6. The fourth-order valence-electron chi connectivity index (χ4n) is 9.73. The average molecular weight is 624 g/mol. The molecule has 3 aliphatic carbocycles. The lowest BCUT2D eigenvalue weighted by Crippen LogP contribution is -2.17. The average Bonchev–Trinajstić information content (AvgIpc) is 3.82. The lowest BCUT2D eigenvalue weighted by atomic mass is 9.81. The van der Waals surface area contributed by atoms with Crippen LogP contribution < -0.4 is 4.90 Å². The molecule has 0 aliphatic heterocycles. The van der Waals surface area contributed by atoms with Crippen molar-refractivity contribution < 1.29 is 0 Å². The summed E-state index contributed by atoms with van der Waals surface area (Å²) in [5.41, 5.74) is 14.7. The highest BCUT2D eigenvalue weighted by atomic mass is 15.1. The fraction of sp³-hybridized carbons (Fsp3) is 0.277. The van der Waals surface area contributed by atoms with Crippen LogP contribution in [0.3, 0.4) is 0 Å². The molecule has 0 N–H and O–H groups in total. The molecule has 9 rings (SSSR count). The molecular weight excluding hydrogens is 579 g/mol. The van der Waals surface area contributed by atoms with Crippen molar-refractivity contribution in [2.75, 3.05) is 4.90 Å². The van der Waals surface area contributed by atoms with Crippen LogP contribution in [0.25, 0.3) is 33.0 Å². The first-order valence-corrected chi connectivity index (χ1v) is 18.1. The van der Waals surface area contributed by atoms with Gasteiger partial charge in [0.05, 0.1) is 5.69 Å². The SMILES string of the molecule is CC(C)c1cccc2c1-c1ccc(N(c3ccc(C4CC5CCC4C5)cc3)c3ccc4ccccc4c3-c3ccccc3)cc1C2(C)C. The molecule has 0 spiro atoms.